The first kappa shape index (κ1) is 5.47. The van der Waals surface area contributed by atoms with Crippen molar-refractivity contribution < 1.29 is 9.47 Å². The van der Waals surface area contributed by atoms with Gasteiger partial charge in [0.2, 0.25) is 0 Å². The maximum atomic E-state index is 5.58. The molecule has 0 radical (unpaired) electrons. The smallest absolute Gasteiger partial charge is 0.252 e. The van der Waals surface area contributed by atoms with Gasteiger partial charge in [0.1, 0.15) is 0 Å². The molecule has 0 N–H and O–H groups in total. The van der Waals surface area contributed by atoms with E-state index in [1.165, 1.54) is 0 Å². The molecule has 1 aliphatic carbocycles. The van der Waals surface area contributed by atoms with Crippen molar-refractivity contribution in [3.63, 3.8) is 0 Å². The summed E-state index contributed by atoms with van der Waals surface area (Å²) in [6, 6.07) is 7.82. The first-order valence-electron chi connectivity index (χ1n) is 3.85. The molecule has 2 heteroatoms. The summed E-state index contributed by atoms with van der Waals surface area (Å²) in [5.41, 5.74) is 0. The van der Waals surface area contributed by atoms with Gasteiger partial charge in [-0.15, -0.1) is 0 Å². The van der Waals surface area contributed by atoms with Crippen molar-refractivity contribution in [1.82, 2.24) is 0 Å². The van der Waals surface area contributed by atoms with E-state index in [4.69, 9.17) is 9.47 Å². The SMILES string of the molecule is c1ccc2c(c1)OC1(CC1)O2. The number of rotatable bonds is 0. The summed E-state index contributed by atoms with van der Waals surface area (Å²) in [5, 5.41) is 0. The van der Waals surface area contributed by atoms with Gasteiger partial charge in [-0.05, 0) is 12.1 Å². The molecule has 11 heavy (non-hydrogen) atoms. The van der Waals surface area contributed by atoms with Crippen LogP contribution in [0.5, 0.6) is 11.5 Å². The van der Waals surface area contributed by atoms with Crippen molar-refractivity contribution in [2.75, 3.05) is 0 Å². The molecule has 0 amide bonds. The lowest BCUT2D eigenvalue weighted by Crippen LogP contribution is -2.18. The van der Waals surface area contributed by atoms with Crippen LogP contribution in [0.4, 0.5) is 0 Å². The van der Waals surface area contributed by atoms with Crippen LogP contribution in [0.25, 0.3) is 0 Å². The van der Waals surface area contributed by atoms with Gasteiger partial charge in [-0.1, -0.05) is 12.1 Å². The summed E-state index contributed by atoms with van der Waals surface area (Å²) in [5.74, 6) is 1.54. The maximum absolute atomic E-state index is 5.58. The minimum atomic E-state index is -0.246. The van der Waals surface area contributed by atoms with E-state index in [9.17, 15) is 0 Å². The highest BCUT2D eigenvalue weighted by molar-refractivity contribution is 5.43. The highest BCUT2D eigenvalue weighted by atomic mass is 16.7. The van der Waals surface area contributed by atoms with E-state index in [2.05, 4.69) is 0 Å². The van der Waals surface area contributed by atoms with Gasteiger partial charge in [0.15, 0.2) is 11.5 Å². The van der Waals surface area contributed by atoms with Gasteiger partial charge in [0.25, 0.3) is 5.79 Å². The molecular weight excluding hydrogens is 140 g/mol. The summed E-state index contributed by atoms with van der Waals surface area (Å²) in [6.45, 7) is 0. The number of fused-ring (bicyclic) bond motifs is 1. The molecule has 1 saturated carbocycles. The summed E-state index contributed by atoms with van der Waals surface area (Å²) in [7, 11) is 0. The highest BCUT2D eigenvalue weighted by Crippen LogP contribution is 2.50. The van der Waals surface area contributed by atoms with Crippen molar-refractivity contribution in [2.45, 2.75) is 18.6 Å². The lowest BCUT2D eigenvalue weighted by atomic mass is 10.3. The summed E-state index contributed by atoms with van der Waals surface area (Å²) >= 11 is 0. The van der Waals surface area contributed by atoms with Gasteiger partial charge in [0, 0.05) is 12.8 Å². The Balaban J connectivity index is 2.08. The summed E-state index contributed by atoms with van der Waals surface area (Å²) in [4.78, 5) is 0. The molecule has 0 aromatic heterocycles. The second kappa shape index (κ2) is 1.52. The minimum absolute atomic E-state index is 0.246. The lowest BCUT2D eigenvalue weighted by Gasteiger charge is -2.04. The normalized spacial score (nSPS) is 22.2. The molecule has 2 nitrogen and oxygen atoms in total. The van der Waals surface area contributed by atoms with E-state index in [0.717, 1.165) is 24.3 Å². The fraction of sp³-hybridized carbons (Fsp3) is 0.333. The predicted molar refractivity (Wildman–Crippen MR) is 39.7 cm³/mol. The van der Waals surface area contributed by atoms with Crippen molar-refractivity contribution in [1.29, 1.82) is 0 Å². The van der Waals surface area contributed by atoms with Crippen molar-refractivity contribution in [2.24, 2.45) is 0 Å². The number of para-hydroxylation sites is 2. The van der Waals surface area contributed by atoms with E-state index in [1.807, 2.05) is 24.3 Å². The molecule has 3 rings (SSSR count). The molecule has 1 spiro atoms. The van der Waals surface area contributed by atoms with Crippen LogP contribution in [-0.2, 0) is 0 Å². The number of ether oxygens (including phenoxy) is 2. The first-order chi connectivity index (χ1) is 5.38. The zero-order valence-electron chi connectivity index (χ0n) is 6.04. The van der Waals surface area contributed by atoms with E-state index in [-0.39, 0.29) is 5.79 Å². The van der Waals surface area contributed by atoms with Gasteiger partial charge in [-0.3, -0.25) is 0 Å². The third kappa shape index (κ3) is 0.666. The molecule has 56 valence electrons. The predicted octanol–water partition coefficient (Wildman–Crippen LogP) is 1.95. The molecule has 0 unspecified atom stereocenters. The van der Waals surface area contributed by atoms with E-state index >= 15 is 0 Å². The Morgan fingerprint density at radius 3 is 2.00 bits per heavy atom. The molecular formula is C9H8O2. The van der Waals surface area contributed by atoms with Crippen LogP contribution in [0, 0.1) is 0 Å². The van der Waals surface area contributed by atoms with Crippen molar-refractivity contribution in [3.05, 3.63) is 24.3 Å². The van der Waals surface area contributed by atoms with Crippen molar-refractivity contribution in [3.8, 4) is 11.5 Å². The third-order valence-electron chi connectivity index (χ3n) is 2.10. The molecule has 0 atom stereocenters. The second-order valence-corrected chi connectivity index (χ2v) is 3.06. The first-order valence-corrected chi connectivity index (χ1v) is 3.85. The molecule has 2 aliphatic rings. The van der Waals surface area contributed by atoms with Crippen molar-refractivity contribution >= 4 is 0 Å². The van der Waals surface area contributed by atoms with E-state index < -0.39 is 0 Å². The molecule has 1 aromatic carbocycles. The van der Waals surface area contributed by atoms with Gasteiger partial charge in [0.05, 0.1) is 0 Å². The molecule has 1 aromatic rings. The second-order valence-electron chi connectivity index (χ2n) is 3.06. The summed E-state index contributed by atoms with van der Waals surface area (Å²) in [6.07, 6.45) is 2.06. The van der Waals surface area contributed by atoms with Crippen LogP contribution in [-0.4, -0.2) is 5.79 Å². The van der Waals surface area contributed by atoms with E-state index in [0.29, 0.717) is 0 Å². The lowest BCUT2D eigenvalue weighted by molar-refractivity contribution is 0.0217. The zero-order valence-corrected chi connectivity index (χ0v) is 6.04. The fourth-order valence-electron chi connectivity index (χ4n) is 1.35. The summed E-state index contributed by atoms with van der Waals surface area (Å²) < 4.78 is 11.2. The molecule has 0 bridgehead atoms. The Morgan fingerprint density at radius 2 is 1.55 bits per heavy atom. The Hall–Kier alpha value is -1.18. The Labute approximate surface area is 64.7 Å². The fourth-order valence-corrected chi connectivity index (χ4v) is 1.35. The van der Waals surface area contributed by atoms with Crippen LogP contribution in [0.3, 0.4) is 0 Å². The van der Waals surface area contributed by atoms with Gasteiger partial charge in [-0.2, -0.15) is 0 Å². The monoisotopic (exact) mass is 148 g/mol. The largest absolute Gasteiger partial charge is 0.448 e. The number of hydrogen-bond acceptors (Lipinski definition) is 2. The Kier molecular flexibility index (Phi) is 0.757. The van der Waals surface area contributed by atoms with Gasteiger partial charge >= 0.3 is 0 Å². The van der Waals surface area contributed by atoms with Gasteiger partial charge < -0.3 is 9.47 Å². The Bertz CT molecular complexity index is 275. The van der Waals surface area contributed by atoms with Crippen LogP contribution in [0.1, 0.15) is 12.8 Å². The quantitative estimate of drug-likeness (QED) is 0.559. The average Bonchev–Trinajstić information content (AvgIpc) is 2.66. The van der Waals surface area contributed by atoms with Crippen LogP contribution < -0.4 is 9.47 Å². The number of hydrogen-bond donors (Lipinski definition) is 0. The number of benzene rings is 1. The molecule has 0 saturated heterocycles. The molecule has 1 aliphatic heterocycles. The zero-order chi connectivity index (χ0) is 7.31. The molecule has 1 heterocycles. The topological polar surface area (TPSA) is 18.5 Å². The highest BCUT2D eigenvalue weighted by Gasteiger charge is 2.53. The van der Waals surface area contributed by atoms with Crippen LogP contribution >= 0.6 is 0 Å². The average molecular weight is 148 g/mol. The van der Waals surface area contributed by atoms with Crippen LogP contribution in [0.2, 0.25) is 0 Å². The Morgan fingerprint density at radius 1 is 1.00 bits per heavy atom. The standard InChI is InChI=1S/C9H8O2/c1-2-4-8-7(3-1)10-9(11-8)5-6-9/h1-4H,5-6H2. The van der Waals surface area contributed by atoms with E-state index in [1.54, 1.807) is 0 Å². The third-order valence-corrected chi connectivity index (χ3v) is 2.10. The maximum Gasteiger partial charge on any atom is 0.252 e. The minimum Gasteiger partial charge on any atom is -0.448 e. The van der Waals surface area contributed by atoms with Crippen LogP contribution in [0.15, 0.2) is 24.3 Å². The molecule has 1 fully saturated rings. The van der Waals surface area contributed by atoms with Gasteiger partial charge in [-0.25, -0.2) is 0 Å².